The van der Waals surface area contributed by atoms with E-state index in [0.29, 0.717) is 18.1 Å². The molecule has 0 aliphatic carbocycles. The third-order valence-electron chi connectivity index (χ3n) is 3.53. The zero-order chi connectivity index (χ0) is 17.1. The number of fused-ring (bicyclic) bond motifs is 1. The van der Waals surface area contributed by atoms with Crippen molar-refractivity contribution < 1.29 is 13.9 Å². The normalized spacial score (nSPS) is 13.2. The van der Waals surface area contributed by atoms with Crippen LogP contribution in [0.5, 0.6) is 5.75 Å². The standard InChI is InChI=1S/C17H14FN3O2S2/c18-13-6-11-8-22-10-23-15(11)12(7-13)9-24-17-21-20-16(25-17)19-14-4-2-1-3-5-14/h1-7H,8-10H2,(H,19,20). The first-order valence-electron chi connectivity index (χ1n) is 7.58. The number of nitrogens with one attached hydrogen (secondary N) is 1. The van der Waals surface area contributed by atoms with Crippen LogP contribution in [0.3, 0.4) is 0 Å². The van der Waals surface area contributed by atoms with Crippen molar-refractivity contribution in [3.8, 4) is 5.75 Å². The Morgan fingerprint density at radius 1 is 1.20 bits per heavy atom. The summed E-state index contributed by atoms with van der Waals surface area (Å²) in [4.78, 5) is 0. The second kappa shape index (κ2) is 7.38. The third-order valence-corrected chi connectivity index (χ3v) is 5.56. The van der Waals surface area contributed by atoms with Crippen molar-refractivity contribution in [3.63, 3.8) is 0 Å². The van der Waals surface area contributed by atoms with Crippen molar-refractivity contribution >= 4 is 33.9 Å². The minimum absolute atomic E-state index is 0.195. The van der Waals surface area contributed by atoms with Crippen LogP contribution >= 0.6 is 23.1 Å². The maximum atomic E-state index is 13.8. The van der Waals surface area contributed by atoms with Gasteiger partial charge in [-0.1, -0.05) is 41.3 Å². The molecule has 0 radical (unpaired) electrons. The Labute approximate surface area is 152 Å². The number of halogens is 1. The van der Waals surface area contributed by atoms with Gasteiger partial charge in [0.05, 0.1) is 6.61 Å². The minimum atomic E-state index is -0.285. The fraction of sp³-hybridized carbons (Fsp3) is 0.176. The van der Waals surface area contributed by atoms with Crippen LogP contribution in [0.1, 0.15) is 11.1 Å². The Hall–Kier alpha value is -2.16. The molecule has 1 aliphatic rings. The van der Waals surface area contributed by atoms with Crippen LogP contribution in [0.4, 0.5) is 15.2 Å². The molecule has 3 aromatic rings. The third kappa shape index (κ3) is 3.92. The zero-order valence-corrected chi connectivity index (χ0v) is 14.7. The van der Waals surface area contributed by atoms with Gasteiger partial charge in [0.2, 0.25) is 5.13 Å². The van der Waals surface area contributed by atoms with Crippen LogP contribution < -0.4 is 10.1 Å². The average Bonchev–Trinajstić information content (AvgIpc) is 3.08. The van der Waals surface area contributed by atoms with Gasteiger partial charge in [-0.15, -0.1) is 10.2 Å². The van der Waals surface area contributed by atoms with E-state index in [1.165, 1.54) is 35.2 Å². The van der Waals surface area contributed by atoms with Crippen molar-refractivity contribution in [2.45, 2.75) is 16.7 Å². The Morgan fingerprint density at radius 2 is 2.08 bits per heavy atom. The van der Waals surface area contributed by atoms with Crippen molar-refractivity contribution in [2.75, 3.05) is 12.1 Å². The fourth-order valence-electron chi connectivity index (χ4n) is 2.47. The van der Waals surface area contributed by atoms with Crippen LogP contribution in [0.15, 0.2) is 46.8 Å². The SMILES string of the molecule is Fc1cc2c(c(CSc3nnc(Nc4ccccc4)s3)c1)OCOC2. The first kappa shape index (κ1) is 16.3. The number of hydrogen-bond donors (Lipinski definition) is 1. The number of anilines is 2. The van der Waals surface area contributed by atoms with Crippen LogP contribution in [0.25, 0.3) is 0 Å². The number of rotatable bonds is 5. The van der Waals surface area contributed by atoms with Crippen molar-refractivity contribution in [2.24, 2.45) is 0 Å². The predicted molar refractivity (Wildman–Crippen MR) is 95.9 cm³/mol. The summed E-state index contributed by atoms with van der Waals surface area (Å²) in [6.45, 7) is 0.564. The van der Waals surface area contributed by atoms with Gasteiger partial charge in [0.15, 0.2) is 11.1 Å². The zero-order valence-electron chi connectivity index (χ0n) is 13.1. The smallest absolute Gasteiger partial charge is 0.210 e. The second-order valence-electron chi connectivity index (χ2n) is 5.32. The van der Waals surface area contributed by atoms with E-state index in [2.05, 4.69) is 15.5 Å². The summed E-state index contributed by atoms with van der Waals surface area (Å²) in [6.07, 6.45) is 0. The maximum Gasteiger partial charge on any atom is 0.210 e. The second-order valence-corrected chi connectivity index (χ2v) is 7.52. The van der Waals surface area contributed by atoms with Gasteiger partial charge in [-0.25, -0.2) is 4.39 Å². The quantitative estimate of drug-likeness (QED) is 0.659. The van der Waals surface area contributed by atoms with E-state index in [0.717, 1.165) is 26.3 Å². The highest BCUT2D eigenvalue weighted by atomic mass is 32.2. The van der Waals surface area contributed by atoms with Crippen LogP contribution in [-0.2, 0) is 17.1 Å². The Balaban J connectivity index is 1.45. The molecule has 4 rings (SSSR count). The molecule has 8 heteroatoms. The van der Waals surface area contributed by atoms with Gasteiger partial charge in [0.25, 0.3) is 0 Å². The number of para-hydroxylation sites is 1. The molecular weight excluding hydrogens is 361 g/mol. The summed E-state index contributed by atoms with van der Waals surface area (Å²) >= 11 is 2.96. The number of nitrogens with zero attached hydrogens (tertiary/aromatic N) is 2. The molecule has 2 aromatic carbocycles. The molecular formula is C17H14FN3O2S2. The van der Waals surface area contributed by atoms with Gasteiger partial charge in [0.1, 0.15) is 11.6 Å². The van der Waals surface area contributed by atoms with Gasteiger partial charge in [-0.3, -0.25) is 0 Å². The summed E-state index contributed by atoms with van der Waals surface area (Å²) in [5.74, 6) is 0.986. The molecule has 0 fully saturated rings. The van der Waals surface area contributed by atoms with E-state index >= 15 is 0 Å². The Kier molecular flexibility index (Phi) is 4.82. The molecule has 128 valence electrons. The Morgan fingerprint density at radius 3 is 2.96 bits per heavy atom. The van der Waals surface area contributed by atoms with Gasteiger partial charge in [-0.05, 0) is 24.3 Å². The molecule has 1 aliphatic heterocycles. The molecule has 0 spiro atoms. The molecule has 0 amide bonds. The van der Waals surface area contributed by atoms with Crippen molar-refractivity contribution in [1.29, 1.82) is 0 Å². The van der Waals surface area contributed by atoms with E-state index < -0.39 is 0 Å². The van der Waals surface area contributed by atoms with Crippen molar-refractivity contribution in [3.05, 3.63) is 59.4 Å². The van der Waals surface area contributed by atoms with Gasteiger partial charge in [0, 0.05) is 22.6 Å². The van der Waals surface area contributed by atoms with Crippen LogP contribution in [-0.4, -0.2) is 17.0 Å². The lowest BCUT2D eigenvalue weighted by Crippen LogP contribution is -2.13. The fourth-order valence-corrected chi connectivity index (χ4v) is 4.21. The van der Waals surface area contributed by atoms with Gasteiger partial charge >= 0.3 is 0 Å². The largest absolute Gasteiger partial charge is 0.467 e. The average molecular weight is 375 g/mol. The first-order chi connectivity index (χ1) is 12.3. The van der Waals surface area contributed by atoms with Gasteiger partial charge < -0.3 is 14.8 Å². The Bertz CT molecular complexity index is 874. The summed E-state index contributed by atoms with van der Waals surface area (Å²) in [7, 11) is 0. The van der Waals surface area contributed by atoms with Crippen LogP contribution in [0.2, 0.25) is 0 Å². The molecule has 5 nitrogen and oxygen atoms in total. The van der Waals surface area contributed by atoms with E-state index in [4.69, 9.17) is 9.47 Å². The van der Waals surface area contributed by atoms with Gasteiger partial charge in [-0.2, -0.15) is 0 Å². The van der Waals surface area contributed by atoms with Crippen molar-refractivity contribution in [1.82, 2.24) is 10.2 Å². The van der Waals surface area contributed by atoms with E-state index in [-0.39, 0.29) is 12.6 Å². The lowest BCUT2D eigenvalue weighted by Gasteiger charge is -2.20. The topological polar surface area (TPSA) is 56.3 Å². The number of ether oxygens (including phenoxy) is 2. The molecule has 0 saturated carbocycles. The summed E-state index contributed by atoms with van der Waals surface area (Å²) in [6, 6.07) is 12.8. The number of aromatic nitrogens is 2. The van der Waals surface area contributed by atoms with E-state index in [1.54, 1.807) is 0 Å². The van der Waals surface area contributed by atoms with Crippen LogP contribution in [0, 0.1) is 5.82 Å². The number of thioether (sulfide) groups is 1. The monoisotopic (exact) mass is 375 g/mol. The molecule has 1 aromatic heterocycles. The summed E-state index contributed by atoms with van der Waals surface area (Å²) in [5.41, 5.74) is 2.50. The molecule has 0 bridgehead atoms. The van der Waals surface area contributed by atoms with E-state index in [9.17, 15) is 4.39 Å². The predicted octanol–water partition coefficient (Wildman–Crippen LogP) is 4.58. The highest BCUT2D eigenvalue weighted by Crippen LogP contribution is 2.35. The molecule has 0 unspecified atom stereocenters. The highest BCUT2D eigenvalue weighted by molar-refractivity contribution is 8.00. The molecule has 0 atom stereocenters. The number of hydrogen-bond acceptors (Lipinski definition) is 7. The molecule has 2 heterocycles. The van der Waals surface area contributed by atoms with E-state index in [1.807, 2.05) is 30.3 Å². The molecule has 1 N–H and O–H groups in total. The number of benzene rings is 2. The summed E-state index contributed by atoms with van der Waals surface area (Å²) < 4.78 is 25.3. The summed E-state index contributed by atoms with van der Waals surface area (Å²) in [5, 5.41) is 12.2. The lowest BCUT2D eigenvalue weighted by atomic mass is 10.1. The molecule has 0 saturated heterocycles. The minimum Gasteiger partial charge on any atom is -0.467 e. The first-order valence-corrected chi connectivity index (χ1v) is 9.38. The maximum absolute atomic E-state index is 13.8. The molecule has 25 heavy (non-hydrogen) atoms. The highest BCUT2D eigenvalue weighted by Gasteiger charge is 2.17. The lowest BCUT2D eigenvalue weighted by molar-refractivity contribution is -0.0171.